The van der Waals surface area contributed by atoms with Gasteiger partial charge in [-0.05, 0) is 38.1 Å². The van der Waals surface area contributed by atoms with Crippen LogP contribution in [0.2, 0.25) is 0 Å². The van der Waals surface area contributed by atoms with Crippen molar-refractivity contribution < 1.29 is 13.2 Å². The van der Waals surface area contributed by atoms with E-state index in [1.807, 2.05) is 6.92 Å². The minimum Gasteiger partial charge on any atom is -0.293 e. The first kappa shape index (κ1) is 15.9. The summed E-state index contributed by atoms with van der Waals surface area (Å²) in [5.74, 6) is -0.400. The number of benzene rings is 2. The molecule has 2 aromatic carbocycles. The lowest BCUT2D eigenvalue weighted by molar-refractivity contribution is 0.0991. The van der Waals surface area contributed by atoms with E-state index in [0.29, 0.717) is 5.56 Å². The Hall–Kier alpha value is -1.46. The monoisotopic (exact) mass is 366 g/mol. The maximum Gasteiger partial charge on any atom is 0.188 e. The molecule has 1 unspecified atom stereocenters. The van der Waals surface area contributed by atoms with E-state index in [9.17, 15) is 13.2 Å². The zero-order valence-corrected chi connectivity index (χ0v) is 14.1. The molecule has 1 atom stereocenters. The lowest BCUT2D eigenvalue weighted by Crippen LogP contribution is -2.27. The lowest BCUT2D eigenvalue weighted by atomic mass is 10.1. The molecule has 0 N–H and O–H groups in total. The Balaban J connectivity index is 2.33. The number of hydrogen-bond donors (Lipinski definition) is 0. The van der Waals surface area contributed by atoms with Crippen LogP contribution in [0.3, 0.4) is 0 Å². The number of sulfone groups is 1. The first-order chi connectivity index (χ1) is 9.82. The van der Waals surface area contributed by atoms with Crippen molar-refractivity contribution in [3.8, 4) is 0 Å². The first-order valence-corrected chi connectivity index (χ1v) is 8.76. The Morgan fingerprint density at radius 3 is 2.05 bits per heavy atom. The predicted molar refractivity (Wildman–Crippen MR) is 86.3 cm³/mol. The fourth-order valence-corrected chi connectivity index (χ4v) is 3.53. The SMILES string of the molecule is Cc1ccc(S(=O)(=O)C(C)C(=O)c2ccc(Br)cc2)cc1. The highest BCUT2D eigenvalue weighted by atomic mass is 79.9. The number of ketones is 1. The number of halogens is 1. The molecule has 0 aliphatic heterocycles. The maximum atomic E-state index is 12.5. The molecule has 2 aromatic rings. The summed E-state index contributed by atoms with van der Waals surface area (Å²) in [6, 6.07) is 13.2. The van der Waals surface area contributed by atoms with Gasteiger partial charge in [0.25, 0.3) is 0 Å². The van der Waals surface area contributed by atoms with Crippen molar-refractivity contribution in [3.05, 3.63) is 64.1 Å². The molecule has 0 heterocycles. The van der Waals surface area contributed by atoms with E-state index in [0.717, 1.165) is 10.0 Å². The molecule has 0 radical (unpaired) electrons. The fourth-order valence-electron chi connectivity index (χ4n) is 1.92. The van der Waals surface area contributed by atoms with Gasteiger partial charge < -0.3 is 0 Å². The second kappa shape index (κ2) is 6.12. The van der Waals surface area contributed by atoms with Gasteiger partial charge in [0.1, 0.15) is 5.25 Å². The van der Waals surface area contributed by atoms with Gasteiger partial charge in [0, 0.05) is 10.0 Å². The minimum atomic E-state index is -3.67. The summed E-state index contributed by atoms with van der Waals surface area (Å²) in [5, 5.41) is -1.11. The van der Waals surface area contributed by atoms with Crippen LogP contribution in [-0.4, -0.2) is 19.5 Å². The van der Waals surface area contributed by atoms with E-state index >= 15 is 0 Å². The van der Waals surface area contributed by atoms with Crippen LogP contribution in [0.1, 0.15) is 22.8 Å². The third-order valence-corrected chi connectivity index (χ3v) is 5.92. The van der Waals surface area contributed by atoms with Gasteiger partial charge in [-0.1, -0.05) is 45.8 Å². The summed E-state index contributed by atoms with van der Waals surface area (Å²) < 4.78 is 25.8. The zero-order valence-electron chi connectivity index (χ0n) is 11.7. The normalized spacial score (nSPS) is 12.9. The van der Waals surface area contributed by atoms with Gasteiger partial charge in [0.15, 0.2) is 15.6 Å². The van der Waals surface area contributed by atoms with Crippen LogP contribution in [0, 0.1) is 6.92 Å². The molecule has 110 valence electrons. The van der Waals surface area contributed by atoms with Crippen LogP contribution in [0.5, 0.6) is 0 Å². The van der Waals surface area contributed by atoms with Crippen LogP contribution in [0.25, 0.3) is 0 Å². The molecule has 5 heteroatoms. The molecule has 2 rings (SSSR count). The van der Waals surface area contributed by atoms with Crippen molar-refractivity contribution in [2.45, 2.75) is 24.0 Å². The second-order valence-electron chi connectivity index (χ2n) is 4.87. The highest BCUT2D eigenvalue weighted by Gasteiger charge is 2.30. The summed E-state index contributed by atoms with van der Waals surface area (Å²) in [6.45, 7) is 3.31. The summed E-state index contributed by atoms with van der Waals surface area (Å²) in [5.41, 5.74) is 1.36. The van der Waals surface area contributed by atoms with Crippen LogP contribution in [0.15, 0.2) is 57.9 Å². The average Bonchev–Trinajstić information content (AvgIpc) is 2.47. The van der Waals surface area contributed by atoms with Crippen LogP contribution in [0.4, 0.5) is 0 Å². The number of aryl methyl sites for hydroxylation is 1. The van der Waals surface area contributed by atoms with Crippen molar-refractivity contribution >= 4 is 31.6 Å². The molecule has 0 aliphatic rings. The molecule has 0 saturated heterocycles. The molecule has 0 aliphatic carbocycles. The van der Waals surface area contributed by atoms with Crippen molar-refractivity contribution in [1.29, 1.82) is 0 Å². The number of rotatable bonds is 4. The Labute approximate surface area is 133 Å². The molecule has 21 heavy (non-hydrogen) atoms. The quantitative estimate of drug-likeness (QED) is 0.773. The third kappa shape index (κ3) is 3.41. The van der Waals surface area contributed by atoms with Crippen molar-refractivity contribution in [3.63, 3.8) is 0 Å². The summed E-state index contributed by atoms with van der Waals surface area (Å²) in [7, 11) is -3.67. The highest BCUT2D eigenvalue weighted by molar-refractivity contribution is 9.10. The van der Waals surface area contributed by atoms with Crippen molar-refractivity contribution in [2.24, 2.45) is 0 Å². The van der Waals surface area contributed by atoms with Gasteiger partial charge in [-0.25, -0.2) is 8.42 Å². The number of hydrogen-bond acceptors (Lipinski definition) is 3. The largest absolute Gasteiger partial charge is 0.293 e. The number of Topliss-reactive ketones (excluding diaryl/α,β-unsaturated/α-hetero) is 1. The van der Waals surface area contributed by atoms with Crippen molar-refractivity contribution in [1.82, 2.24) is 0 Å². The standard InChI is InChI=1S/C16H15BrO3S/c1-11-3-9-15(10-4-11)21(19,20)12(2)16(18)13-5-7-14(17)8-6-13/h3-10,12H,1-2H3. The highest BCUT2D eigenvalue weighted by Crippen LogP contribution is 2.20. The van der Waals surface area contributed by atoms with Gasteiger partial charge in [0.05, 0.1) is 4.90 Å². The van der Waals surface area contributed by atoms with Gasteiger partial charge in [-0.3, -0.25) is 4.79 Å². The summed E-state index contributed by atoms with van der Waals surface area (Å²) in [4.78, 5) is 12.5. The van der Waals surface area contributed by atoms with Gasteiger partial charge in [0.2, 0.25) is 0 Å². The van der Waals surface area contributed by atoms with Crippen molar-refractivity contribution in [2.75, 3.05) is 0 Å². The molecular formula is C16H15BrO3S. The zero-order chi connectivity index (χ0) is 15.6. The minimum absolute atomic E-state index is 0.172. The van der Waals surface area contributed by atoms with E-state index in [4.69, 9.17) is 0 Å². The molecule has 0 amide bonds. The third-order valence-electron chi connectivity index (χ3n) is 3.31. The Morgan fingerprint density at radius 2 is 1.52 bits per heavy atom. The Morgan fingerprint density at radius 1 is 1.00 bits per heavy atom. The van der Waals surface area contributed by atoms with E-state index in [2.05, 4.69) is 15.9 Å². The molecule has 0 aromatic heterocycles. The maximum absolute atomic E-state index is 12.5. The van der Waals surface area contributed by atoms with E-state index in [1.165, 1.54) is 19.1 Å². The van der Waals surface area contributed by atoms with E-state index in [-0.39, 0.29) is 4.90 Å². The van der Waals surface area contributed by atoms with E-state index in [1.54, 1.807) is 36.4 Å². The average molecular weight is 367 g/mol. The molecular weight excluding hydrogens is 352 g/mol. The summed E-state index contributed by atoms with van der Waals surface area (Å²) >= 11 is 3.29. The van der Waals surface area contributed by atoms with Gasteiger partial charge in [-0.2, -0.15) is 0 Å². The van der Waals surface area contributed by atoms with Crippen LogP contribution in [-0.2, 0) is 9.84 Å². The molecule has 0 saturated carbocycles. The second-order valence-corrected chi connectivity index (χ2v) is 8.06. The molecule has 0 fully saturated rings. The van der Waals surface area contributed by atoms with Crippen LogP contribution >= 0.6 is 15.9 Å². The Bertz CT molecular complexity index is 747. The predicted octanol–water partition coefficient (Wildman–Crippen LogP) is 3.80. The number of carbonyl (C=O) groups excluding carboxylic acids is 1. The van der Waals surface area contributed by atoms with E-state index < -0.39 is 20.9 Å². The van der Waals surface area contributed by atoms with Gasteiger partial charge in [-0.15, -0.1) is 0 Å². The molecule has 0 spiro atoms. The lowest BCUT2D eigenvalue weighted by Gasteiger charge is -2.12. The smallest absolute Gasteiger partial charge is 0.188 e. The first-order valence-electron chi connectivity index (χ1n) is 6.43. The number of carbonyl (C=O) groups is 1. The fraction of sp³-hybridized carbons (Fsp3) is 0.188. The topological polar surface area (TPSA) is 51.2 Å². The van der Waals surface area contributed by atoms with Crippen LogP contribution < -0.4 is 0 Å². The molecule has 3 nitrogen and oxygen atoms in total. The van der Waals surface area contributed by atoms with Gasteiger partial charge >= 0.3 is 0 Å². The Kier molecular flexibility index (Phi) is 4.64. The molecule has 0 bridgehead atoms. The summed E-state index contributed by atoms with van der Waals surface area (Å²) in [6.07, 6.45) is 0.